The fraction of sp³-hybridized carbons (Fsp3) is 0.493. The van der Waals surface area contributed by atoms with Crippen LogP contribution in [0.15, 0.2) is 101 Å². The van der Waals surface area contributed by atoms with Gasteiger partial charge in [0.2, 0.25) is 59.1 Å². The molecule has 33 heteroatoms. The molecule has 4 aromatic rings. The third kappa shape index (κ3) is 25.0. The van der Waals surface area contributed by atoms with E-state index in [0.29, 0.717) is 39.7 Å². The molecule has 0 unspecified atom stereocenters. The lowest BCUT2D eigenvalue weighted by molar-refractivity contribution is -0.145. The molecule has 11 atom stereocenters. The predicted octanol–water partition coefficient (Wildman–Crippen LogP) is -0.568. The van der Waals surface area contributed by atoms with Crippen LogP contribution in [0, 0.1) is 11.3 Å². The summed E-state index contributed by atoms with van der Waals surface area (Å²) in [5.74, 6) is -13.1. The van der Waals surface area contributed by atoms with Crippen LogP contribution in [0.4, 0.5) is 0 Å². The predicted molar refractivity (Wildman–Crippen MR) is 380 cm³/mol. The number of benzene rings is 3. The summed E-state index contributed by atoms with van der Waals surface area (Å²) in [4.78, 5) is 177. The van der Waals surface area contributed by atoms with E-state index in [1.54, 1.807) is 60.8 Å². The van der Waals surface area contributed by atoms with Gasteiger partial charge in [-0.05, 0) is 85.8 Å². The van der Waals surface area contributed by atoms with Crippen LogP contribution in [-0.2, 0) is 76.8 Å². The van der Waals surface area contributed by atoms with Crippen molar-refractivity contribution in [3.8, 4) is 5.75 Å². The maximum atomic E-state index is 15.3. The number of allylic oxidation sites excluding steroid dienone is 2. The van der Waals surface area contributed by atoms with E-state index in [0.717, 1.165) is 35.4 Å². The lowest BCUT2D eigenvalue weighted by Gasteiger charge is -2.30. The van der Waals surface area contributed by atoms with Crippen molar-refractivity contribution in [1.29, 1.82) is 0 Å². The van der Waals surface area contributed by atoms with Gasteiger partial charge < -0.3 is 94.5 Å². The number of aromatic nitrogens is 1. The number of phenolic OH excluding ortho intramolecular Hbond substituents is 1. The number of aliphatic hydroxyl groups excluding tert-OH is 4. The third-order valence-electron chi connectivity index (χ3n) is 16.6. The summed E-state index contributed by atoms with van der Waals surface area (Å²) in [5, 5.41) is 88.6. The molecule has 554 valence electrons. The maximum Gasteiger partial charge on any atom is 0.328 e. The van der Waals surface area contributed by atoms with Gasteiger partial charge in [0.25, 0.3) is 0 Å². The molecule has 2 aliphatic rings. The number of hydrogen-bond donors (Lipinski definition) is 18. The van der Waals surface area contributed by atoms with E-state index in [9.17, 15) is 73.8 Å². The number of amides is 10. The number of carbonyl (C=O) groups excluding carboxylic acids is 11. The number of H-pyrrole nitrogens is 1. The van der Waals surface area contributed by atoms with Gasteiger partial charge in [-0.15, -0.1) is 0 Å². The Morgan fingerprint density at radius 1 is 0.686 bits per heavy atom. The van der Waals surface area contributed by atoms with E-state index >= 15 is 14.4 Å². The lowest BCUT2D eigenvalue weighted by atomic mass is 9.75. The number of nitrogens with zero attached hydrogens (tertiary/aromatic N) is 1. The first-order chi connectivity index (χ1) is 48.4. The molecule has 1 fully saturated rings. The number of unbranched alkanes of at least 4 members (excludes halogenated alkanes) is 1. The average Bonchev–Trinajstić information content (AvgIpc) is 0.941. The molecule has 2 heterocycles. The van der Waals surface area contributed by atoms with Crippen LogP contribution in [0.2, 0.25) is 0 Å². The van der Waals surface area contributed by atoms with E-state index in [1.165, 1.54) is 24.3 Å². The van der Waals surface area contributed by atoms with Gasteiger partial charge in [-0.2, -0.15) is 0 Å². The largest absolute Gasteiger partial charge is 0.511 e. The number of aliphatic carboxylic acids is 1. The Hall–Kier alpha value is -9.41. The number of aliphatic hydroxyl groups is 4. The summed E-state index contributed by atoms with van der Waals surface area (Å²) >= 11 is 0. The first-order valence-electron chi connectivity index (χ1n) is 33.4. The second kappa shape index (κ2) is 39.1. The molecule has 0 spiro atoms. The number of ketones is 1. The molecule has 1 saturated heterocycles. The second-order valence-electron chi connectivity index (χ2n) is 26.3. The third-order valence-corrected chi connectivity index (χ3v) is 19.0. The van der Waals surface area contributed by atoms with Gasteiger partial charge in [-0.3, -0.25) is 57.7 Å². The van der Waals surface area contributed by atoms with E-state index in [2.05, 4.69) is 58.2 Å². The molecule has 1 aliphatic heterocycles. The van der Waals surface area contributed by atoms with Gasteiger partial charge in [0.05, 0.1) is 37.5 Å². The molecule has 1 aliphatic carbocycles. The number of rotatable bonds is 28. The summed E-state index contributed by atoms with van der Waals surface area (Å²) in [6.07, 6.45) is -1.67. The molecular weight excluding hydrogens is 1360 g/mol. The first-order valence-corrected chi connectivity index (χ1v) is 35.8. The van der Waals surface area contributed by atoms with Crippen LogP contribution in [-0.4, -0.2) is 216 Å². The highest BCUT2D eigenvalue weighted by atomic mass is 33.1. The molecule has 19 N–H and O–H groups in total. The fourth-order valence-corrected chi connectivity index (χ4v) is 13.6. The number of aromatic hydroxyl groups is 1. The van der Waals surface area contributed by atoms with Crippen molar-refractivity contribution in [3.63, 3.8) is 0 Å². The Kier molecular flexibility index (Phi) is 31.3. The van der Waals surface area contributed by atoms with E-state index in [-0.39, 0.29) is 86.7 Å². The van der Waals surface area contributed by atoms with Crippen LogP contribution in [0.5, 0.6) is 5.75 Å². The van der Waals surface area contributed by atoms with Gasteiger partial charge in [-0.1, -0.05) is 110 Å². The molecule has 0 radical (unpaired) electrons. The van der Waals surface area contributed by atoms with Gasteiger partial charge in [0, 0.05) is 73.0 Å². The smallest absolute Gasteiger partial charge is 0.328 e. The average molecular weight is 1460 g/mol. The van der Waals surface area contributed by atoms with Crippen molar-refractivity contribution in [1.82, 2.24) is 58.2 Å². The Morgan fingerprint density at radius 2 is 1.31 bits per heavy atom. The number of phenols is 1. The fourth-order valence-electron chi connectivity index (χ4n) is 11.3. The molecule has 102 heavy (non-hydrogen) atoms. The van der Waals surface area contributed by atoms with Crippen molar-refractivity contribution in [3.05, 3.63) is 113 Å². The summed E-state index contributed by atoms with van der Waals surface area (Å²) < 4.78 is 0. The number of Topliss-reactive ketones (excluding diaryl/α,β-unsaturated/α-hetero) is 1. The number of carboxylic acids is 1. The van der Waals surface area contributed by atoms with Crippen molar-refractivity contribution in [2.45, 2.75) is 166 Å². The minimum Gasteiger partial charge on any atom is -0.511 e. The zero-order valence-corrected chi connectivity index (χ0v) is 59.2. The summed E-state index contributed by atoms with van der Waals surface area (Å²) in [7, 11) is 1.61. The number of nitrogens with one attached hydrogen (secondary N) is 11. The lowest BCUT2D eigenvalue weighted by Crippen LogP contribution is -2.62. The Balaban J connectivity index is 1.43. The van der Waals surface area contributed by atoms with E-state index in [1.807, 2.05) is 27.7 Å². The van der Waals surface area contributed by atoms with Crippen molar-refractivity contribution < 1.29 is 88.2 Å². The highest BCUT2D eigenvalue weighted by Gasteiger charge is 2.39. The SMILES string of the molecule is CC(C)CC(=NCCCC[C@@H]1NC(=O)[C@H](Cc2c[nH]c3ccccc23)NC(=O)[C@H](Cc2ccc(O)cc2)NC(=O)[C@@H](NC(=O)[C@@H](Cc2ccccc2)NC(=O)CNC(=O)[C@H](CO)NC(=O)CN)CSSC[C@@H](C(=O)N[C@H](C(=O)O)[C@@H](C)O)NC(=O)[C@H]([C@@H](C)O)NC1=O)C1=C(O)CC(C)(C)CC1=O. The number of aliphatic imine (C=N–C) groups is 1. The van der Waals surface area contributed by atoms with E-state index in [4.69, 9.17) is 10.7 Å². The van der Waals surface area contributed by atoms with Crippen molar-refractivity contribution in [2.24, 2.45) is 22.1 Å². The van der Waals surface area contributed by atoms with Gasteiger partial charge in [0.1, 0.15) is 59.8 Å². The van der Waals surface area contributed by atoms with Crippen molar-refractivity contribution >= 4 is 109 Å². The maximum absolute atomic E-state index is 15.3. The molecule has 0 saturated carbocycles. The van der Waals surface area contributed by atoms with Crippen LogP contribution >= 0.6 is 21.6 Å². The molecular formula is C69H93N13O18S2. The molecule has 10 amide bonds. The monoisotopic (exact) mass is 1460 g/mol. The Bertz CT molecular complexity index is 3700. The topological polar surface area (TPSA) is 501 Å². The number of hydrogen-bond acceptors (Lipinski definition) is 21. The Morgan fingerprint density at radius 3 is 1.95 bits per heavy atom. The zero-order chi connectivity index (χ0) is 75.0. The first kappa shape index (κ1) is 81.6. The molecule has 3 aromatic carbocycles. The van der Waals surface area contributed by atoms with Crippen LogP contribution in [0.1, 0.15) is 96.8 Å². The van der Waals surface area contributed by atoms with Gasteiger partial charge in [0.15, 0.2) is 11.8 Å². The molecule has 31 nitrogen and oxygen atoms in total. The van der Waals surface area contributed by atoms with Crippen LogP contribution < -0.4 is 58.9 Å². The Labute approximate surface area is 597 Å². The number of fused-ring (bicyclic) bond motifs is 1. The molecule has 1 aromatic heterocycles. The van der Waals surface area contributed by atoms with Gasteiger partial charge >= 0.3 is 5.97 Å². The van der Waals surface area contributed by atoms with E-state index < -0.39 is 168 Å². The van der Waals surface area contributed by atoms with Gasteiger partial charge in [-0.25, -0.2) is 4.79 Å². The summed E-state index contributed by atoms with van der Waals surface area (Å²) in [6.45, 7) is 7.78. The number of carboxylic acid groups (broad SMARTS) is 1. The number of para-hydroxylation sites is 1. The van der Waals surface area contributed by atoms with Crippen LogP contribution in [0.3, 0.4) is 0 Å². The minimum atomic E-state index is -1.93. The number of carbonyl (C=O) groups is 12. The molecule has 6 rings (SSSR count). The summed E-state index contributed by atoms with van der Waals surface area (Å²) in [6, 6.07) is 5.78. The number of nitrogens with two attached hydrogens (primary N) is 1. The van der Waals surface area contributed by atoms with Crippen molar-refractivity contribution in [2.75, 3.05) is 37.7 Å². The summed E-state index contributed by atoms with van der Waals surface area (Å²) in [5.41, 5.74) is 7.47. The minimum absolute atomic E-state index is 0.0260. The second-order valence-corrected chi connectivity index (χ2v) is 28.9. The standard InChI is InChI=1S/C69H93N13O18S2/c1-36(2)24-46(57-53(87)28-69(5,6)29-54(57)88)71-23-13-12-18-45-61(92)81-58(37(3)84)67(98)80-52(66(97)82-59(38(4)85)68(99)100)35-102-101-34-51(79-62(93)47(25-39-14-8-7-9-15-39)74-56(90)32-73-60(91)50(33-83)75-55(89)30-70)65(96)77-48(26-40-19-21-42(86)22-20-40)63(94)78-49(64(95)76-45)27-41-31-72-44-17-11-10-16-43(41)44/h7-11,14-17,19-22,31,36-38,45,47-52,58-59,72,83-87H,12-13,18,23-30,32-35,70H2,1-6H3,(H,73,91)(H,74,90)(H,75,89)(H,76,95)(H,77,96)(H,78,94)(H,79,93)(H,80,98)(H,81,92)(H,82,97)(H,99,100)/t37-,38-,45+,47-,48+,49+,50+,51+,52+,58+,59+/m1/s1. The zero-order valence-electron chi connectivity index (χ0n) is 57.5. The molecule has 0 bridgehead atoms. The quantitative estimate of drug-likeness (QED) is 0.0192. The normalized spacial score (nSPS) is 21.3. The van der Waals surface area contributed by atoms with Crippen LogP contribution in [0.25, 0.3) is 10.9 Å². The highest BCUT2D eigenvalue weighted by molar-refractivity contribution is 8.76. The number of aromatic amines is 1. The highest BCUT2D eigenvalue weighted by Crippen LogP contribution is 2.37.